The fourth-order valence-corrected chi connectivity index (χ4v) is 2.77. The first kappa shape index (κ1) is 12.6. The van der Waals surface area contributed by atoms with E-state index in [9.17, 15) is 4.39 Å². The van der Waals surface area contributed by atoms with Crippen LogP contribution >= 0.6 is 0 Å². The SMILES string of the molecule is N#Cc1c(F)cccc1N1CCC(c2ccncc2)C1. The third-order valence-corrected chi connectivity index (χ3v) is 3.81. The lowest BCUT2D eigenvalue weighted by molar-refractivity contribution is 0.623. The van der Waals surface area contributed by atoms with Gasteiger partial charge in [-0.1, -0.05) is 6.07 Å². The molecule has 0 aliphatic carbocycles. The molecule has 1 aliphatic heterocycles. The zero-order chi connectivity index (χ0) is 13.9. The molecular weight excluding hydrogens is 253 g/mol. The van der Waals surface area contributed by atoms with Gasteiger partial charge in [0.2, 0.25) is 0 Å². The van der Waals surface area contributed by atoms with Crippen molar-refractivity contribution in [2.75, 3.05) is 18.0 Å². The van der Waals surface area contributed by atoms with E-state index in [1.807, 2.05) is 24.3 Å². The molecule has 1 unspecified atom stereocenters. The number of anilines is 1. The smallest absolute Gasteiger partial charge is 0.143 e. The third kappa shape index (κ3) is 2.23. The monoisotopic (exact) mass is 267 g/mol. The van der Waals surface area contributed by atoms with E-state index in [0.29, 0.717) is 11.6 Å². The summed E-state index contributed by atoms with van der Waals surface area (Å²) < 4.78 is 13.7. The molecule has 0 bridgehead atoms. The van der Waals surface area contributed by atoms with Crippen molar-refractivity contribution < 1.29 is 4.39 Å². The summed E-state index contributed by atoms with van der Waals surface area (Å²) in [5, 5.41) is 9.12. The van der Waals surface area contributed by atoms with Gasteiger partial charge in [-0.25, -0.2) is 4.39 Å². The van der Waals surface area contributed by atoms with Gasteiger partial charge in [-0.05, 0) is 36.2 Å². The standard InChI is InChI=1S/C16H14FN3/c17-15-2-1-3-16(14(15)10-18)20-9-6-13(11-20)12-4-7-19-8-5-12/h1-5,7-8,13H,6,9,11H2. The van der Waals surface area contributed by atoms with Crippen molar-refractivity contribution in [1.82, 2.24) is 4.98 Å². The minimum absolute atomic E-state index is 0.142. The quantitative estimate of drug-likeness (QED) is 0.839. The summed E-state index contributed by atoms with van der Waals surface area (Å²) in [6.07, 6.45) is 4.59. The Kier molecular flexibility index (Phi) is 3.34. The van der Waals surface area contributed by atoms with Crippen LogP contribution in [0.4, 0.5) is 10.1 Å². The molecule has 1 aliphatic rings. The summed E-state index contributed by atoms with van der Waals surface area (Å²) in [5.74, 6) is -0.0369. The van der Waals surface area contributed by atoms with Crippen LogP contribution in [0.1, 0.15) is 23.5 Å². The van der Waals surface area contributed by atoms with Crippen molar-refractivity contribution in [2.45, 2.75) is 12.3 Å². The molecule has 2 aromatic rings. The molecule has 1 saturated heterocycles. The molecule has 0 spiro atoms. The van der Waals surface area contributed by atoms with Crippen molar-refractivity contribution in [2.24, 2.45) is 0 Å². The molecule has 2 heterocycles. The summed E-state index contributed by atoms with van der Waals surface area (Å²) in [4.78, 5) is 6.12. The second-order valence-electron chi connectivity index (χ2n) is 4.96. The second-order valence-corrected chi connectivity index (χ2v) is 4.96. The van der Waals surface area contributed by atoms with Gasteiger partial charge in [0.15, 0.2) is 0 Å². The second kappa shape index (κ2) is 5.30. The Morgan fingerprint density at radius 1 is 1.25 bits per heavy atom. The topological polar surface area (TPSA) is 39.9 Å². The molecule has 1 fully saturated rings. The normalized spacial score (nSPS) is 18.0. The lowest BCUT2D eigenvalue weighted by Gasteiger charge is -2.20. The van der Waals surface area contributed by atoms with E-state index < -0.39 is 5.82 Å². The Morgan fingerprint density at radius 3 is 2.80 bits per heavy atom. The maximum atomic E-state index is 13.7. The lowest BCUT2D eigenvalue weighted by atomic mass is 10.00. The Labute approximate surface area is 117 Å². The molecule has 0 amide bonds. The van der Waals surface area contributed by atoms with Crippen LogP contribution in [0.25, 0.3) is 0 Å². The van der Waals surface area contributed by atoms with E-state index in [1.54, 1.807) is 18.5 Å². The Hall–Kier alpha value is -2.41. The molecular formula is C16H14FN3. The summed E-state index contributed by atoms with van der Waals surface area (Å²) in [5.41, 5.74) is 2.09. The summed E-state index contributed by atoms with van der Waals surface area (Å²) >= 11 is 0. The molecule has 4 heteroatoms. The molecule has 1 aromatic heterocycles. The van der Waals surface area contributed by atoms with Gasteiger partial charge in [0.1, 0.15) is 17.4 Å². The van der Waals surface area contributed by atoms with Gasteiger partial charge in [0.25, 0.3) is 0 Å². The van der Waals surface area contributed by atoms with E-state index in [-0.39, 0.29) is 5.56 Å². The van der Waals surface area contributed by atoms with Crippen LogP contribution in [-0.2, 0) is 0 Å². The van der Waals surface area contributed by atoms with E-state index in [1.165, 1.54) is 11.6 Å². The van der Waals surface area contributed by atoms with Gasteiger partial charge in [0, 0.05) is 31.4 Å². The number of aromatic nitrogens is 1. The molecule has 3 rings (SSSR count). The highest BCUT2D eigenvalue weighted by Crippen LogP contribution is 2.32. The first-order valence-corrected chi connectivity index (χ1v) is 6.63. The third-order valence-electron chi connectivity index (χ3n) is 3.81. The number of nitrogens with zero attached hydrogens (tertiary/aromatic N) is 3. The number of rotatable bonds is 2. The molecule has 0 N–H and O–H groups in total. The minimum atomic E-state index is -0.447. The highest BCUT2D eigenvalue weighted by atomic mass is 19.1. The number of hydrogen-bond donors (Lipinski definition) is 0. The summed E-state index contributed by atoms with van der Waals surface area (Å²) in [6.45, 7) is 1.65. The van der Waals surface area contributed by atoms with Gasteiger partial charge in [0.05, 0.1) is 5.69 Å². The van der Waals surface area contributed by atoms with Crippen molar-refractivity contribution in [1.29, 1.82) is 5.26 Å². The van der Waals surface area contributed by atoms with E-state index >= 15 is 0 Å². The predicted octanol–water partition coefficient (Wildman–Crippen LogP) is 3.09. The van der Waals surface area contributed by atoms with Crippen LogP contribution < -0.4 is 4.90 Å². The largest absolute Gasteiger partial charge is 0.370 e. The Bertz CT molecular complexity index is 649. The molecule has 100 valence electrons. The van der Waals surface area contributed by atoms with Crippen molar-refractivity contribution in [3.8, 4) is 6.07 Å². The minimum Gasteiger partial charge on any atom is -0.370 e. The number of benzene rings is 1. The Morgan fingerprint density at radius 2 is 2.05 bits per heavy atom. The van der Waals surface area contributed by atoms with Crippen molar-refractivity contribution in [3.63, 3.8) is 0 Å². The van der Waals surface area contributed by atoms with Crippen LogP contribution in [0.3, 0.4) is 0 Å². The van der Waals surface area contributed by atoms with Gasteiger partial charge >= 0.3 is 0 Å². The van der Waals surface area contributed by atoms with E-state index in [0.717, 1.165) is 19.5 Å². The fourth-order valence-electron chi connectivity index (χ4n) is 2.77. The van der Waals surface area contributed by atoms with Crippen molar-refractivity contribution >= 4 is 5.69 Å². The molecule has 1 atom stereocenters. The maximum absolute atomic E-state index is 13.7. The number of pyridine rings is 1. The zero-order valence-electron chi connectivity index (χ0n) is 11.0. The number of halogens is 1. The molecule has 20 heavy (non-hydrogen) atoms. The van der Waals surface area contributed by atoms with Crippen molar-refractivity contribution in [3.05, 3.63) is 59.7 Å². The van der Waals surface area contributed by atoms with Gasteiger partial charge < -0.3 is 4.90 Å². The predicted molar refractivity (Wildman–Crippen MR) is 74.9 cm³/mol. The van der Waals surface area contributed by atoms with Crippen LogP contribution in [0.15, 0.2) is 42.7 Å². The summed E-state index contributed by atoms with van der Waals surface area (Å²) in [6, 6.07) is 10.8. The first-order valence-electron chi connectivity index (χ1n) is 6.63. The number of nitriles is 1. The first-order chi connectivity index (χ1) is 9.79. The average molecular weight is 267 g/mol. The van der Waals surface area contributed by atoms with Crippen LogP contribution in [-0.4, -0.2) is 18.1 Å². The molecule has 3 nitrogen and oxygen atoms in total. The average Bonchev–Trinajstić information content (AvgIpc) is 2.97. The van der Waals surface area contributed by atoms with Gasteiger partial charge in [-0.3, -0.25) is 4.98 Å². The molecule has 0 radical (unpaired) electrons. The Balaban J connectivity index is 1.85. The lowest BCUT2D eigenvalue weighted by Crippen LogP contribution is -2.20. The van der Waals surface area contributed by atoms with E-state index in [4.69, 9.17) is 5.26 Å². The van der Waals surface area contributed by atoms with Crippen LogP contribution in [0, 0.1) is 17.1 Å². The van der Waals surface area contributed by atoms with Crippen LogP contribution in [0.5, 0.6) is 0 Å². The van der Waals surface area contributed by atoms with E-state index in [2.05, 4.69) is 9.88 Å². The molecule has 0 saturated carbocycles. The summed E-state index contributed by atoms with van der Waals surface area (Å²) in [7, 11) is 0. The highest BCUT2D eigenvalue weighted by Gasteiger charge is 2.26. The van der Waals surface area contributed by atoms with Gasteiger partial charge in [-0.15, -0.1) is 0 Å². The highest BCUT2D eigenvalue weighted by molar-refractivity contribution is 5.60. The maximum Gasteiger partial charge on any atom is 0.143 e. The number of hydrogen-bond acceptors (Lipinski definition) is 3. The fraction of sp³-hybridized carbons (Fsp3) is 0.250. The zero-order valence-corrected chi connectivity index (χ0v) is 11.0. The van der Waals surface area contributed by atoms with Crippen LogP contribution in [0.2, 0.25) is 0 Å². The van der Waals surface area contributed by atoms with Gasteiger partial charge in [-0.2, -0.15) is 5.26 Å². The molecule has 1 aromatic carbocycles.